The molecular formula is C19H18F3N3O5. The molecule has 0 aliphatic heterocycles. The van der Waals surface area contributed by atoms with Gasteiger partial charge in [-0.3, -0.25) is 9.59 Å². The molecule has 0 aromatic heterocycles. The van der Waals surface area contributed by atoms with E-state index in [1.54, 1.807) is 12.1 Å². The number of carbonyl (C=O) groups is 2. The van der Waals surface area contributed by atoms with Gasteiger partial charge in [0.25, 0.3) is 0 Å². The predicted octanol–water partition coefficient (Wildman–Crippen LogP) is 2.82. The third-order valence-corrected chi connectivity index (χ3v) is 3.74. The zero-order valence-corrected chi connectivity index (χ0v) is 16.2. The molecule has 8 nitrogen and oxygen atoms in total. The second-order valence-corrected chi connectivity index (χ2v) is 5.69. The molecule has 30 heavy (non-hydrogen) atoms. The number of hydrogen-bond acceptors (Lipinski definition) is 6. The van der Waals surface area contributed by atoms with Gasteiger partial charge < -0.3 is 19.5 Å². The Balaban J connectivity index is 2.01. The maximum atomic E-state index is 12.5. The van der Waals surface area contributed by atoms with E-state index in [1.807, 2.05) is 5.43 Å². The number of nitrogens with one attached hydrogen (secondary N) is 2. The van der Waals surface area contributed by atoms with Crippen LogP contribution in [0.25, 0.3) is 0 Å². The molecule has 11 heteroatoms. The summed E-state index contributed by atoms with van der Waals surface area (Å²) in [7, 11) is 4.32. The van der Waals surface area contributed by atoms with Gasteiger partial charge in [0.2, 0.25) is 5.75 Å². The highest BCUT2D eigenvalue weighted by Crippen LogP contribution is 2.37. The Morgan fingerprint density at radius 2 is 1.50 bits per heavy atom. The second kappa shape index (κ2) is 9.63. The second-order valence-electron chi connectivity index (χ2n) is 5.69. The SMILES string of the molecule is COc1cc(/C=N/NC(=O)C(=O)Nc2ccc(C(F)(F)F)cc2)cc(OC)c1OC. The van der Waals surface area contributed by atoms with E-state index in [0.717, 1.165) is 24.3 Å². The Bertz CT molecular complexity index is 918. The minimum absolute atomic E-state index is 0.0248. The molecule has 2 aromatic rings. The Morgan fingerprint density at radius 1 is 0.933 bits per heavy atom. The monoisotopic (exact) mass is 425 g/mol. The van der Waals surface area contributed by atoms with Crippen LogP contribution in [0.2, 0.25) is 0 Å². The number of methoxy groups -OCH3 is 3. The summed E-state index contributed by atoms with van der Waals surface area (Å²) >= 11 is 0. The first-order chi connectivity index (χ1) is 14.2. The predicted molar refractivity (Wildman–Crippen MR) is 102 cm³/mol. The highest BCUT2D eigenvalue weighted by Gasteiger charge is 2.30. The molecule has 0 atom stereocenters. The summed E-state index contributed by atoms with van der Waals surface area (Å²) in [6, 6.07) is 6.78. The smallest absolute Gasteiger partial charge is 0.416 e. The first-order valence-corrected chi connectivity index (χ1v) is 8.31. The van der Waals surface area contributed by atoms with Crippen LogP contribution in [-0.4, -0.2) is 39.4 Å². The Labute approximate surface area is 169 Å². The fraction of sp³-hybridized carbons (Fsp3) is 0.211. The highest BCUT2D eigenvalue weighted by molar-refractivity contribution is 6.39. The minimum Gasteiger partial charge on any atom is -0.493 e. The molecule has 0 radical (unpaired) electrons. The lowest BCUT2D eigenvalue weighted by molar-refractivity contribution is -0.137. The lowest BCUT2D eigenvalue weighted by Crippen LogP contribution is -2.32. The summed E-state index contributed by atoms with van der Waals surface area (Å²) in [6.07, 6.45) is -3.25. The third kappa shape index (κ3) is 5.63. The van der Waals surface area contributed by atoms with Gasteiger partial charge in [-0.2, -0.15) is 18.3 Å². The van der Waals surface area contributed by atoms with Gasteiger partial charge in [0, 0.05) is 11.3 Å². The molecule has 2 aromatic carbocycles. The number of hydrogen-bond donors (Lipinski definition) is 2. The third-order valence-electron chi connectivity index (χ3n) is 3.74. The van der Waals surface area contributed by atoms with Gasteiger partial charge >= 0.3 is 18.0 Å². The van der Waals surface area contributed by atoms with Crippen LogP contribution in [-0.2, 0) is 15.8 Å². The molecule has 0 spiro atoms. The number of anilines is 1. The van der Waals surface area contributed by atoms with Gasteiger partial charge in [0.15, 0.2) is 11.5 Å². The van der Waals surface area contributed by atoms with Gasteiger partial charge in [-0.1, -0.05) is 0 Å². The maximum absolute atomic E-state index is 12.5. The molecule has 2 N–H and O–H groups in total. The van der Waals surface area contributed by atoms with Crippen molar-refractivity contribution in [2.24, 2.45) is 5.10 Å². The van der Waals surface area contributed by atoms with Gasteiger partial charge in [-0.05, 0) is 36.4 Å². The molecule has 160 valence electrons. The van der Waals surface area contributed by atoms with Crippen LogP contribution in [0.15, 0.2) is 41.5 Å². The maximum Gasteiger partial charge on any atom is 0.416 e. The van der Waals surface area contributed by atoms with Gasteiger partial charge in [-0.25, -0.2) is 5.43 Å². The molecular weight excluding hydrogens is 407 g/mol. The normalized spacial score (nSPS) is 11.1. The largest absolute Gasteiger partial charge is 0.493 e. The van der Waals surface area contributed by atoms with Crippen LogP contribution in [0.3, 0.4) is 0 Å². The molecule has 0 fully saturated rings. The molecule has 0 bridgehead atoms. The number of rotatable bonds is 6. The van der Waals surface area contributed by atoms with E-state index < -0.39 is 23.6 Å². The fourth-order valence-electron chi connectivity index (χ4n) is 2.32. The molecule has 0 heterocycles. The summed E-state index contributed by atoms with van der Waals surface area (Å²) in [4.78, 5) is 23.7. The van der Waals surface area contributed by atoms with Crippen LogP contribution in [0.5, 0.6) is 17.2 Å². The Morgan fingerprint density at radius 3 is 1.97 bits per heavy atom. The van der Waals surface area contributed by atoms with E-state index in [9.17, 15) is 22.8 Å². The number of nitrogens with zero attached hydrogens (tertiary/aromatic N) is 1. The van der Waals surface area contributed by atoms with Gasteiger partial charge in [0.1, 0.15) is 0 Å². The van der Waals surface area contributed by atoms with E-state index in [1.165, 1.54) is 27.5 Å². The van der Waals surface area contributed by atoms with E-state index in [2.05, 4.69) is 10.4 Å². The van der Waals surface area contributed by atoms with Crippen molar-refractivity contribution in [2.45, 2.75) is 6.18 Å². The number of amides is 2. The lowest BCUT2D eigenvalue weighted by Gasteiger charge is -2.12. The van der Waals surface area contributed by atoms with Crippen molar-refractivity contribution in [2.75, 3.05) is 26.6 Å². The number of ether oxygens (including phenoxy) is 3. The summed E-state index contributed by atoms with van der Waals surface area (Å²) in [5.74, 6) is -1.11. The summed E-state index contributed by atoms with van der Waals surface area (Å²) in [6.45, 7) is 0. The molecule has 0 aliphatic rings. The molecule has 0 aliphatic carbocycles. The van der Waals surface area contributed by atoms with Crippen molar-refractivity contribution >= 4 is 23.7 Å². The Hall–Kier alpha value is -3.76. The van der Waals surface area contributed by atoms with E-state index >= 15 is 0 Å². The molecule has 0 saturated heterocycles. The number of carbonyl (C=O) groups excluding carboxylic acids is 2. The molecule has 0 unspecified atom stereocenters. The average molecular weight is 425 g/mol. The summed E-state index contributed by atoms with van der Waals surface area (Å²) in [5.41, 5.74) is 1.65. The number of alkyl halides is 3. The highest BCUT2D eigenvalue weighted by atomic mass is 19.4. The molecule has 0 saturated carbocycles. The topological polar surface area (TPSA) is 98.2 Å². The number of halogens is 3. The zero-order chi connectivity index (χ0) is 22.3. The van der Waals surface area contributed by atoms with E-state index in [-0.39, 0.29) is 5.69 Å². The standard InChI is InChI=1S/C19H18F3N3O5/c1-28-14-8-11(9-15(29-2)16(14)30-3)10-23-25-18(27)17(26)24-13-6-4-12(5-7-13)19(20,21)22/h4-10H,1-3H3,(H,24,26)(H,25,27)/b23-10+. The quantitative estimate of drug-likeness (QED) is 0.421. The van der Waals surface area contributed by atoms with E-state index in [4.69, 9.17) is 14.2 Å². The van der Waals surface area contributed by atoms with Crippen molar-refractivity contribution in [1.29, 1.82) is 0 Å². The Kier molecular flexibility index (Phi) is 7.23. The van der Waals surface area contributed by atoms with Crippen LogP contribution in [0.4, 0.5) is 18.9 Å². The minimum atomic E-state index is -4.50. The fourth-order valence-corrected chi connectivity index (χ4v) is 2.32. The van der Waals surface area contributed by atoms with Crippen molar-refractivity contribution in [3.63, 3.8) is 0 Å². The number of benzene rings is 2. The molecule has 2 amide bonds. The molecule has 2 rings (SSSR count). The van der Waals surface area contributed by atoms with Crippen LogP contribution >= 0.6 is 0 Å². The van der Waals surface area contributed by atoms with Crippen molar-refractivity contribution in [3.8, 4) is 17.2 Å². The average Bonchev–Trinajstić information content (AvgIpc) is 2.72. The van der Waals surface area contributed by atoms with Crippen molar-refractivity contribution in [1.82, 2.24) is 5.43 Å². The first-order valence-electron chi connectivity index (χ1n) is 8.31. The zero-order valence-electron chi connectivity index (χ0n) is 16.2. The van der Waals surface area contributed by atoms with Gasteiger partial charge in [0.05, 0.1) is 33.1 Å². The van der Waals surface area contributed by atoms with Crippen LogP contribution < -0.4 is 25.0 Å². The van der Waals surface area contributed by atoms with E-state index in [0.29, 0.717) is 22.8 Å². The summed E-state index contributed by atoms with van der Waals surface area (Å²) < 4.78 is 53.2. The van der Waals surface area contributed by atoms with Crippen molar-refractivity contribution in [3.05, 3.63) is 47.5 Å². The van der Waals surface area contributed by atoms with Crippen molar-refractivity contribution < 1.29 is 37.0 Å². The van der Waals surface area contributed by atoms with Gasteiger partial charge in [-0.15, -0.1) is 0 Å². The number of hydrazone groups is 1. The lowest BCUT2D eigenvalue weighted by atomic mass is 10.2. The van der Waals surface area contributed by atoms with Crippen LogP contribution in [0, 0.1) is 0 Å². The van der Waals surface area contributed by atoms with Crippen LogP contribution in [0.1, 0.15) is 11.1 Å². The summed E-state index contributed by atoms with van der Waals surface area (Å²) in [5, 5.41) is 5.84. The first kappa shape index (κ1) is 22.5.